The van der Waals surface area contributed by atoms with Crippen molar-refractivity contribution >= 4 is 29.9 Å². The topological polar surface area (TPSA) is 60.1 Å². The van der Waals surface area contributed by atoms with Crippen molar-refractivity contribution in [3.63, 3.8) is 0 Å². The SMILES string of the molecule is CC1CN(C(N)=N[C@H]2C[C@@H]2c2ccccc2OC(F)F)CCO1.I. The summed E-state index contributed by atoms with van der Waals surface area (Å²) in [6.45, 7) is 1.25. The molecule has 0 amide bonds. The van der Waals surface area contributed by atoms with Crippen molar-refractivity contribution in [1.82, 2.24) is 4.90 Å². The third-order valence-electron chi connectivity index (χ3n) is 4.15. The van der Waals surface area contributed by atoms with Gasteiger partial charge in [0.25, 0.3) is 0 Å². The zero-order chi connectivity index (χ0) is 16.4. The van der Waals surface area contributed by atoms with Crippen molar-refractivity contribution in [1.29, 1.82) is 0 Å². The maximum absolute atomic E-state index is 12.5. The number of hydrogen-bond donors (Lipinski definition) is 1. The molecule has 1 aliphatic carbocycles. The Morgan fingerprint density at radius 1 is 1.42 bits per heavy atom. The highest BCUT2D eigenvalue weighted by molar-refractivity contribution is 14.0. The first-order valence-corrected chi connectivity index (χ1v) is 7.78. The molecule has 3 rings (SSSR count). The average molecular weight is 453 g/mol. The minimum atomic E-state index is -2.82. The van der Waals surface area contributed by atoms with Crippen LogP contribution in [-0.4, -0.2) is 49.3 Å². The monoisotopic (exact) mass is 453 g/mol. The lowest BCUT2D eigenvalue weighted by Crippen LogP contribution is -2.48. The molecule has 2 N–H and O–H groups in total. The van der Waals surface area contributed by atoms with Crippen LogP contribution in [0.1, 0.15) is 24.8 Å². The molecule has 0 radical (unpaired) electrons. The first-order chi connectivity index (χ1) is 11.0. The molecule has 1 heterocycles. The number of ether oxygens (including phenoxy) is 2. The maximum Gasteiger partial charge on any atom is 0.387 e. The zero-order valence-electron chi connectivity index (χ0n) is 13.4. The number of halogens is 3. The molecular formula is C16H22F2IN3O2. The van der Waals surface area contributed by atoms with E-state index in [1.807, 2.05) is 24.0 Å². The molecule has 0 bridgehead atoms. The predicted octanol–water partition coefficient (Wildman–Crippen LogP) is 2.80. The average Bonchev–Trinajstić information content (AvgIpc) is 3.26. The largest absolute Gasteiger partial charge is 0.435 e. The van der Waals surface area contributed by atoms with Crippen LogP contribution in [0.15, 0.2) is 29.3 Å². The molecule has 8 heteroatoms. The summed E-state index contributed by atoms with van der Waals surface area (Å²) in [5, 5.41) is 0. The summed E-state index contributed by atoms with van der Waals surface area (Å²) in [4.78, 5) is 6.55. The van der Waals surface area contributed by atoms with E-state index in [2.05, 4.69) is 9.73 Å². The highest BCUT2D eigenvalue weighted by atomic mass is 127. The molecule has 1 unspecified atom stereocenters. The summed E-state index contributed by atoms with van der Waals surface area (Å²) < 4.78 is 35.0. The predicted molar refractivity (Wildman–Crippen MR) is 98.2 cm³/mol. The molecule has 0 aromatic heterocycles. The van der Waals surface area contributed by atoms with Gasteiger partial charge < -0.3 is 20.1 Å². The van der Waals surface area contributed by atoms with E-state index in [9.17, 15) is 8.78 Å². The van der Waals surface area contributed by atoms with Crippen LogP contribution in [0.4, 0.5) is 8.78 Å². The second-order valence-corrected chi connectivity index (χ2v) is 5.94. The lowest BCUT2D eigenvalue weighted by molar-refractivity contribution is -0.0504. The molecule has 2 aliphatic rings. The molecule has 1 aromatic carbocycles. The number of guanidine groups is 1. The van der Waals surface area contributed by atoms with E-state index in [1.54, 1.807) is 12.1 Å². The summed E-state index contributed by atoms with van der Waals surface area (Å²) in [6.07, 6.45) is 0.928. The van der Waals surface area contributed by atoms with E-state index in [0.29, 0.717) is 12.6 Å². The highest BCUT2D eigenvalue weighted by Gasteiger charge is 2.41. The molecule has 1 aliphatic heterocycles. The van der Waals surface area contributed by atoms with E-state index < -0.39 is 6.61 Å². The fourth-order valence-corrected chi connectivity index (χ4v) is 2.93. The first-order valence-electron chi connectivity index (χ1n) is 7.78. The maximum atomic E-state index is 12.5. The summed E-state index contributed by atoms with van der Waals surface area (Å²) >= 11 is 0. The van der Waals surface area contributed by atoms with E-state index in [-0.39, 0.29) is 47.8 Å². The molecule has 1 aromatic rings. The van der Waals surface area contributed by atoms with Crippen molar-refractivity contribution in [2.45, 2.75) is 38.0 Å². The van der Waals surface area contributed by atoms with Gasteiger partial charge in [0, 0.05) is 19.0 Å². The van der Waals surface area contributed by atoms with Gasteiger partial charge in [-0.15, -0.1) is 24.0 Å². The van der Waals surface area contributed by atoms with Crippen molar-refractivity contribution in [2.75, 3.05) is 19.7 Å². The fraction of sp³-hybridized carbons (Fsp3) is 0.562. The number of nitrogens with two attached hydrogens (primary N) is 1. The second-order valence-electron chi connectivity index (χ2n) is 5.94. The molecular weight excluding hydrogens is 431 g/mol. The molecule has 1 saturated heterocycles. The van der Waals surface area contributed by atoms with Gasteiger partial charge in [-0.25, -0.2) is 4.99 Å². The van der Waals surface area contributed by atoms with Gasteiger partial charge in [0.2, 0.25) is 0 Å². The van der Waals surface area contributed by atoms with Crippen LogP contribution in [-0.2, 0) is 4.74 Å². The minimum Gasteiger partial charge on any atom is -0.435 e. The number of aliphatic imine (C=N–C) groups is 1. The van der Waals surface area contributed by atoms with Crippen LogP contribution in [0, 0.1) is 0 Å². The Kier molecular flexibility index (Phi) is 6.62. The van der Waals surface area contributed by atoms with Gasteiger partial charge in [-0.3, -0.25) is 0 Å². The second kappa shape index (κ2) is 8.28. The quantitative estimate of drug-likeness (QED) is 0.433. The van der Waals surface area contributed by atoms with Crippen molar-refractivity contribution in [3.8, 4) is 5.75 Å². The minimum absolute atomic E-state index is 0. The number of benzene rings is 1. The number of morpholine rings is 1. The van der Waals surface area contributed by atoms with Crippen LogP contribution < -0.4 is 10.5 Å². The Hall–Kier alpha value is -1.16. The van der Waals surface area contributed by atoms with Gasteiger partial charge in [0.1, 0.15) is 5.75 Å². The third kappa shape index (κ3) is 4.69. The lowest BCUT2D eigenvalue weighted by Gasteiger charge is -2.31. The molecule has 2 fully saturated rings. The standard InChI is InChI=1S/C16H21F2N3O2.HI/c1-10-9-21(6-7-22-10)16(19)20-13-8-12(13)11-4-2-3-5-14(11)23-15(17)18;/h2-5,10,12-13,15H,6-9H2,1H3,(H2,19,20);1H/t10?,12-,13+;/m1./s1. The van der Waals surface area contributed by atoms with Gasteiger partial charge >= 0.3 is 6.61 Å². The summed E-state index contributed by atoms with van der Waals surface area (Å²) in [5.74, 6) is 0.811. The Morgan fingerprint density at radius 3 is 2.88 bits per heavy atom. The van der Waals surface area contributed by atoms with E-state index >= 15 is 0 Å². The smallest absolute Gasteiger partial charge is 0.387 e. The number of alkyl halides is 2. The molecule has 5 nitrogen and oxygen atoms in total. The first kappa shape index (κ1) is 19.2. The third-order valence-corrected chi connectivity index (χ3v) is 4.15. The van der Waals surface area contributed by atoms with Crippen molar-refractivity contribution < 1.29 is 18.3 Å². The number of nitrogens with zero attached hydrogens (tertiary/aromatic N) is 2. The highest BCUT2D eigenvalue weighted by Crippen LogP contribution is 2.47. The van der Waals surface area contributed by atoms with Crippen LogP contribution in [0.2, 0.25) is 0 Å². The molecule has 1 saturated carbocycles. The molecule has 0 spiro atoms. The van der Waals surface area contributed by atoms with Crippen LogP contribution in [0.3, 0.4) is 0 Å². The number of para-hydroxylation sites is 1. The summed E-state index contributed by atoms with van der Waals surface area (Å²) in [6, 6.07) is 6.90. The Morgan fingerprint density at radius 2 is 2.17 bits per heavy atom. The van der Waals surface area contributed by atoms with Crippen LogP contribution in [0.5, 0.6) is 5.75 Å². The number of rotatable bonds is 4. The van der Waals surface area contributed by atoms with Crippen molar-refractivity contribution in [3.05, 3.63) is 29.8 Å². The Labute approximate surface area is 157 Å². The summed E-state index contributed by atoms with van der Waals surface area (Å²) in [7, 11) is 0. The molecule has 24 heavy (non-hydrogen) atoms. The van der Waals surface area contributed by atoms with Crippen LogP contribution in [0.25, 0.3) is 0 Å². The normalized spacial score (nSPS) is 26.9. The van der Waals surface area contributed by atoms with Gasteiger partial charge in [-0.1, -0.05) is 18.2 Å². The van der Waals surface area contributed by atoms with Crippen LogP contribution >= 0.6 is 24.0 Å². The summed E-state index contributed by atoms with van der Waals surface area (Å²) in [5.41, 5.74) is 6.85. The van der Waals surface area contributed by atoms with Gasteiger partial charge in [-0.2, -0.15) is 8.78 Å². The van der Waals surface area contributed by atoms with Gasteiger partial charge in [-0.05, 0) is 25.0 Å². The zero-order valence-corrected chi connectivity index (χ0v) is 15.7. The Balaban J connectivity index is 0.00000208. The molecule has 134 valence electrons. The van der Waals surface area contributed by atoms with E-state index in [0.717, 1.165) is 25.1 Å². The molecule has 3 atom stereocenters. The Bertz CT molecular complexity index is 588. The van der Waals surface area contributed by atoms with Gasteiger partial charge in [0.15, 0.2) is 5.96 Å². The van der Waals surface area contributed by atoms with E-state index in [4.69, 9.17) is 10.5 Å². The van der Waals surface area contributed by atoms with Gasteiger partial charge in [0.05, 0.1) is 18.8 Å². The number of hydrogen-bond acceptors (Lipinski definition) is 3. The lowest BCUT2D eigenvalue weighted by atomic mass is 10.1. The fourth-order valence-electron chi connectivity index (χ4n) is 2.93. The van der Waals surface area contributed by atoms with E-state index in [1.165, 1.54) is 0 Å². The van der Waals surface area contributed by atoms with Crippen molar-refractivity contribution in [2.24, 2.45) is 10.7 Å².